The van der Waals surface area contributed by atoms with Crippen LogP contribution >= 0.6 is 22.6 Å². The predicted molar refractivity (Wildman–Crippen MR) is 84.8 cm³/mol. The Labute approximate surface area is 135 Å². The zero-order valence-corrected chi connectivity index (χ0v) is 13.4. The van der Waals surface area contributed by atoms with Gasteiger partial charge in [0.1, 0.15) is 5.92 Å². The summed E-state index contributed by atoms with van der Waals surface area (Å²) < 4.78 is 6.58. The van der Waals surface area contributed by atoms with E-state index in [2.05, 4.69) is 27.9 Å². The summed E-state index contributed by atoms with van der Waals surface area (Å²) >= 11 is 2.13. The van der Waals surface area contributed by atoms with Crippen molar-refractivity contribution in [1.29, 1.82) is 0 Å². The van der Waals surface area contributed by atoms with Gasteiger partial charge in [0.25, 0.3) is 0 Å². The van der Waals surface area contributed by atoms with Gasteiger partial charge in [0.05, 0.1) is 23.3 Å². The minimum absolute atomic E-state index is 0.319. The van der Waals surface area contributed by atoms with Gasteiger partial charge in [-0.2, -0.15) is 0 Å². The molecule has 1 aromatic rings. The van der Waals surface area contributed by atoms with Gasteiger partial charge in [-0.15, -0.1) is 0 Å². The number of hydrogen-bond donors (Lipinski definition) is 2. The van der Waals surface area contributed by atoms with Gasteiger partial charge in [-0.1, -0.05) is 24.3 Å². The summed E-state index contributed by atoms with van der Waals surface area (Å²) in [6, 6.07) is 7.37. The molecule has 0 saturated carbocycles. The van der Waals surface area contributed by atoms with Gasteiger partial charge in [0.2, 0.25) is 5.91 Å². The van der Waals surface area contributed by atoms with Crippen LogP contribution in [0.4, 0.5) is 5.69 Å². The molecule has 6 heteroatoms. The van der Waals surface area contributed by atoms with Crippen molar-refractivity contribution in [3.63, 3.8) is 0 Å². The summed E-state index contributed by atoms with van der Waals surface area (Å²) in [5.74, 6) is -2.90. The molecule has 1 fully saturated rings. The average Bonchev–Trinajstić information content (AvgIpc) is 2.94. The molecule has 4 atom stereocenters. The van der Waals surface area contributed by atoms with E-state index in [0.29, 0.717) is 5.69 Å². The molecule has 110 valence electrons. The highest BCUT2D eigenvalue weighted by Gasteiger charge is 2.59. The molecule has 21 heavy (non-hydrogen) atoms. The number of carboxylic acid groups (broad SMARTS) is 1. The van der Waals surface area contributed by atoms with Gasteiger partial charge in [0.15, 0.2) is 0 Å². The molecule has 2 aliphatic rings. The summed E-state index contributed by atoms with van der Waals surface area (Å²) in [6.07, 6.45) is 2.99. The van der Waals surface area contributed by atoms with Crippen LogP contribution in [0.5, 0.6) is 0 Å². The van der Waals surface area contributed by atoms with Gasteiger partial charge in [-0.3, -0.25) is 9.59 Å². The summed E-state index contributed by atoms with van der Waals surface area (Å²) in [6.45, 7) is 1.76. The first kappa shape index (κ1) is 14.5. The number of amides is 1. The molecule has 1 amide bonds. The van der Waals surface area contributed by atoms with Gasteiger partial charge < -0.3 is 15.2 Å². The Morgan fingerprint density at radius 3 is 2.76 bits per heavy atom. The first-order valence-electron chi connectivity index (χ1n) is 6.58. The first-order valence-corrected chi connectivity index (χ1v) is 7.65. The van der Waals surface area contributed by atoms with E-state index in [1.54, 1.807) is 25.1 Å². The SMILES string of the molecule is C[C@@]12C=C[C@@H](O1)[C@@H](C(=O)O)[C@H]2C(=O)Nc1ccccc1I. The minimum atomic E-state index is -1.00. The fraction of sp³-hybridized carbons (Fsp3) is 0.333. The highest BCUT2D eigenvalue weighted by atomic mass is 127. The second-order valence-electron chi connectivity index (χ2n) is 5.44. The fourth-order valence-corrected chi connectivity index (χ4v) is 3.58. The molecular weight excluding hydrogens is 385 g/mol. The lowest BCUT2D eigenvalue weighted by molar-refractivity contribution is -0.146. The van der Waals surface area contributed by atoms with Crippen LogP contribution in [0.1, 0.15) is 6.92 Å². The number of ether oxygens (including phenoxy) is 1. The molecular formula is C15H14INO4. The van der Waals surface area contributed by atoms with Crippen LogP contribution in [0.15, 0.2) is 36.4 Å². The quantitative estimate of drug-likeness (QED) is 0.604. The van der Waals surface area contributed by atoms with Crippen LogP contribution in [0.3, 0.4) is 0 Å². The maximum absolute atomic E-state index is 12.6. The van der Waals surface area contributed by atoms with E-state index < -0.39 is 29.5 Å². The van der Waals surface area contributed by atoms with Crippen LogP contribution in [0, 0.1) is 15.4 Å². The second kappa shape index (κ2) is 5.10. The molecule has 0 aliphatic carbocycles. The molecule has 5 nitrogen and oxygen atoms in total. The van der Waals surface area contributed by atoms with Crippen LogP contribution < -0.4 is 5.32 Å². The van der Waals surface area contributed by atoms with Gasteiger partial charge in [-0.25, -0.2) is 0 Å². The Balaban J connectivity index is 1.88. The predicted octanol–water partition coefficient (Wildman–Crippen LogP) is 2.27. The number of benzene rings is 1. The van der Waals surface area contributed by atoms with Crippen molar-refractivity contribution in [2.24, 2.45) is 11.8 Å². The molecule has 1 aromatic carbocycles. The minimum Gasteiger partial charge on any atom is -0.481 e. The number of nitrogens with one attached hydrogen (secondary N) is 1. The maximum atomic E-state index is 12.6. The molecule has 0 unspecified atom stereocenters. The van der Waals surface area contributed by atoms with Crippen molar-refractivity contribution in [2.45, 2.75) is 18.6 Å². The zero-order chi connectivity index (χ0) is 15.2. The first-order chi connectivity index (χ1) is 9.92. The van der Waals surface area contributed by atoms with Crippen LogP contribution in [0.2, 0.25) is 0 Å². The lowest BCUT2D eigenvalue weighted by Crippen LogP contribution is -2.44. The Bertz CT molecular complexity index is 644. The van der Waals surface area contributed by atoms with E-state index in [1.165, 1.54) is 0 Å². The highest BCUT2D eigenvalue weighted by Crippen LogP contribution is 2.47. The Kier molecular flexibility index (Phi) is 3.53. The number of anilines is 1. The fourth-order valence-electron chi connectivity index (χ4n) is 3.05. The Morgan fingerprint density at radius 2 is 2.10 bits per heavy atom. The largest absolute Gasteiger partial charge is 0.481 e. The molecule has 0 spiro atoms. The molecule has 2 bridgehead atoms. The third-order valence-corrected chi connectivity index (χ3v) is 4.98. The monoisotopic (exact) mass is 399 g/mol. The van der Waals surface area contributed by atoms with Gasteiger partial charge >= 0.3 is 5.97 Å². The maximum Gasteiger partial charge on any atom is 0.310 e. The number of carbonyl (C=O) groups is 2. The van der Waals surface area contributed by atoms with Crippen LogP contribution in [-0.4, -0.2) is 28.7 Å². The smallest absolute Gasteiger partial charge is 0.310 e. The van der Waals surface area contributed by atoms with Crippen molar-refractivity contribution >= 4 is 40.2 Å². The molecule has 0 aromatic heterocycles. The Hall–Kier alpha value is -1.41. The van der Waals surface area contributed by atoms with Crippen molar-refractivity contribution in [2.75, 3.05) is 5.32 Å². The molecule has 2 heterocycles. The van der Waals surface area contributed by atoms with E-state index in [9.17, 15) is 14.7 Å². The molecule has 0 radical (unpaired) electrons. The number of hydrogen-bond acceptors (Lipinski definition) is 3. The molecule has 2 aliphatic heterocycles. The van der Waals surface area contributed by atoms with Crippen LogP contribution in [0.25, 0.3) is 0 Å². The zero-order valence-electron chi connectivity index (χ0n) is 11.2. The average molecular weight is 399 g/mol. The summed E-state index contributed by atoms with van der Waals surface area (Å²) in [5, 5.41) is 12.2. The topological polar surface area (TPSA) is 75.6 Å². The number of aliphatic carboxylic acids is 1. The molecule has 1 saturated heterocycles. The molecule has 3 rings (SSSR count). The van der Waals surface area contributed by atoms with E-state index in [0.717, 1.165) is 3.57 Å². The number of para-hydroxylation sites is 1. The number of halogens is 1. The third-order valence-electron chi connectivity index (χ3n) is 4.04. The number of rotatable bonds is 3. The second-order valence-corrected chi connectivity index (χ2v) is 6.60. The van der Waals surface area contributed by atoms with Gasteiger partial charge in [0, 0.05) is 3.57 Å². The lowest BCUT2D eigenvalue weighted by Gasteiger charge is -2.28. The summed E-state index contributed by atoms with van der Waals surface area (Å²) in [5.41, 5.74) is -0.166. The molecule has 2 N–H and O–H groups in total. The number of carbonyl (C=O) groups excluding carboxylic acids is 1. The van der Waals surface area contributed by atoms with E-state index in [4.69, 9.17) is 4.74 Å². The van der Waals surface area contributed by atoms with E-state index in [1.807, 2.05) is 18.2 Å². The normalized spacial score (nSPS) is 33.1. The van der Waals surface area contributed by atoms with Gasteiger partial charge in [-0.05, 0) is 41.6 Å². The van der Waals surface area contributed by atoms with E-state index >= 15 is 0 Å². The highest BCUT2D eigenvalue weighted by molar-refractivity contribution is 14.1. The lowest BCUT2D eigenvalue weighted by atomic mass is 9.75. The van der Waals surface area contributed by atoms with Crippen molar-refractivity contribution in [1.82, 2.24) is 0 Å². The number of carboxylic acids is 1. The summed E-state index contributed by atoms with van der Waals surface area (Å²) in [7, 11) is 0. The number of fused-ring (bicyclic) bond motifs is 2. The third kappa shape index (κ3) is 2.36. The van der Waals surface area contributed by atoms with Crippen molar-refractivity contribution < 1.29 is 19.4 Å². The Morgan fingerprint density at radius 1 is 1.38 bits per heavy atom. The summed E-state index contributed by atoms with van der Waals surface area (Å²) in [4.78, 5) is 24.1. The van der Waals surface area contributed by atoms with E-state index in [-0.39, 0.29) is 5.91 Å². The van der Waals surface area contributed by atoms with Crippen molar-refractivity contribution in [3.8, 4) is 0 Å². The van der Waals surface area contributed by atoms with Crippen molar-refractivity contribution in [3.05, 3.63) is 40.0 Å². The van der Waals surface area contributed by atoms with Crippen LogP contribution in [-0.2, 0) is 14.3 Å². The standard InChI is InChI=1S/C15H14INO4/c1-15-7-6-10(21-15)11(14(19)20)12(15)13(18)17-9-5-3-2-4-8(9)16/h2-7,10-12H,1H3,(H,17,18)(H,19,20)/t10-,11-,12+,15+/m1/s1.